The number of Topliss-reactive ketones (excluding diaryl/α,β-unsaturated/α-hetero) is 1. The highest BCUT2D eigenvalue weighted by Gasteiger charge is 2.17. The van der Waals surface area contributed by atoms with Gasteiger partial charge in [0, 0.05) is 6.42 Å². The highest BCUT2D eigenvalue weighted by Crippen LogP contribution is 2.15. The van der Waals surface area contributed by atoms with Gasteiger partial charge in [0.05, 0.1) is 6.54 Å². The van der Waals surface area contributed by atoms with Crippen molar-refractivity contribution >= 4 is 5.78 Å². The first-order valence-electron chi connectivity index (χ1n) is 5.46. The summed E-state index contributed by atoms with van der Waals surface area (Å²) >= 11 is 0. The summed E-state index contributed by atoms with van der Waals surface area (Å²) < 4.78 is 0. The minimum Gasteiger partial charge on any atom is -0.298 e. The minimum absolute atomic E-state index is 0.414. The van der Waals surface area contributed by atoms with Crippen LogP contribution >= 0.6 is 0 Å². The van der Waals surface area contributed by atoms with Crippen molar-refractivity contribution in [3.8, 4) is 0 Å². The van der Waals surface area contributed by atoms with Crippen LogP contribution in [0, 0.1) is 5.92 Å². The molecule has 1 aliphatic rings. The van der Waals surface area contributed by atoms with Crippen LogP contribution in [0.2, 0.25) is 0 Å². The van der Waals surface area contributed by atoms with Gasteiger partial charge in [0.25, 0.3) is 0 Å². The van der Waals surface area contributed by atoms with Gasteiger partial charge in [-0.25, -0.2) is 0 Å². The number of carbonyl (C=O) groups excluding carboxylic acids is 1. The zero-order valence-corrected chi connectivity index (χ0v) is 8.88. The van der Waals surface area contributed by atoms with E-state index >= 15 is 0 Å². The molecule has 0 aromatic heterocycles. The summed E-state index contributed by atoms with van der Waals surface area (Å²) in [5, 5.41) is 0. The Bertz CT molecular complexity index is 159. The van der Waals surface area contributed by atoms with Gasteiger partial charge >= 0.3 is 0 Å². The Morgan fingerprint density at radius 3 is 2.54 bits per heavy atom. The molecule has 1 aliphatic heterocycles. The number of carbonyl (C=O) groups is 1. The quantitative estimate of drug-likeness (QED) is 0.665. The minimum atomic E-state index is 0.414. The van der Waals surface area contributed by atoms with E-state index in [2.05, 4.69) is 18.7 Å². The maximum absolute atomic E-state index is 11.4. The molecule has 13 heavy (non-hydrogen) atoms. The third-order valence-electron chi connectivity index (χ3n) is 2.81. The SMILES string of the molecule is CCCC(=O)CN1CCC(C)CC1. The van der Waals surface area contributed by atoms with E-state index in [1.807, 2.05) is 0 Å². The molecule has 0 atom stereocenters. The molecule has 0 radical (unpaired) electrons. The Kier molecular flexibility index (Phi) is 4.43. The molecule has 1 rings (SSSR count). The average Bonchev–Trinajstić information content (AvgIpc) is 2.09. The Labute approximate surface area is 81.3 Å². The van der Waals surface area contributed by atoms with Gasteiger partial charge in [-0.3, -0.25) is 9.69 Å². The van der Waals surface area contributed by atoms with Crippen LogP contribution < -0.4 is 0 Å². The molecule has 1 heterocycles. The summed E-state index contributed by atoms with van der Waals surface area (Å²) in [6, 6.07) is 0. The molecule has 0 aromatic carbocycles. The zero-order chi connectivity index (χ0) is 9.68. The summed E-state index contributed by atoms with van der Waals surface area (Å²) in [6.45, 7) is 7.30. The van der Waals surface area contributed by atoms with Crippen molar-refractivity contribution in [3.63, 3.8) is 0 Å². The van der Waals surface area contributed by atoms with Gasteiger partial charge in [-0.1, -0.05) is 13.8 Å². The van der Waals surface area contributed by atoms with Crippen LogP contribution in [-0.2, 0) is 4.79 Å². The molecule has 0 saturated carbocycles. The van der Waals surface area contributed by atoms with E-state index < -0.39 is 0 Å². The van der Waals surface area contributed by atoms with Crippen LogP contribution in [0.25, 0.3) is 0 Å². The Morgan fingerprint density at radius 2 is 2.00 bits per heavy atom. The Balaban J connectivity index is 2.18. The largest absolute Gasteiger partial charge is 0.298 e. The molecule has 0 amide bonds. The third kappa shape index (κ3) is 3.90. The monoisotopic (exact) mass is 183 g/mol. The summed E-state index contributed by atoms with van der Waals surface area (Å²) in [7, 11) is 0. The average molecular weight is 183 g/mol. The fraction of sp³-hybridized carbons (Fsp3) is 0.909. The summed E-state index contributed by atoms with van der Waals surface area (Å²) in [6.07, 6.45) is 4.27. The molecule has 1 saturated heterocycles. The lowest BCUT2D eigenvalue weighted by Crippen LogP contribution is -2.36. The Morgan fingerprint density at radius 1 is 1.38 bits per heavy atom. The summed E-state index contributed by atoms with van der Waals surface area (Å²) in [4.78, 5) is 13.7. The first kappa shape index (κ1) is 10.7. The van der Waals surface area contributed by atoms with E-state index in [0.29, 0.717) is 12.3 Å². The number of piperidine rings is 1. The standard InChI is InChI=1S/C11H21NO/c1-3-4-11(13)9-12-7-5-10(2)6-8-12/h10H,3-9H2,1-2H3. The molecule has 0 N–H and O–H groups in total. The number of nitrogens with zero attached hydrogens (tertiary/aromatic N) is 1. The third-order valence-corrected chi connectivity index (χ3v) is 2.81. The zero-order valence-electron chi connectivity index (χ0n) is 8.88. The van der Waals surface area contributed by atoms with E-state index in [1.165, 1.54) is 12.8 Å². The second kappa shape index (κ2) is 5.38. The molecule has 0 unspecified atom stereocenters. The fourth-order valence-electron chi connectivity index (χ4n) is 1.83. The van der Waals surface area contributed by atoms with Crippen molar-refractivity contribution in [3.05, 3.63) is 0 Å². The maximum atomic E-state index is 11.4. The van der Waals surface area contributed by atoms with Gasteiger partial charge in [0.15, 0.2) is 0 Å². The predicted molar refractivity (Wildman–Crippen MR) is 54.8 cm³/mol. The lowest BCUT2D eigenvalue weighted by Gasteiger charge is -2.29. The molecule has 2 nitrogen and oxygen atoms in total. The van der Waals surface area contributed by atoms with Gasteiger partial charge in [-0.05, 0) is 38.3 Å². The highest BCUT2D eigenvalue weighted by atomic mass is 16.1. The lowest BCUT2D eigenvalue weighted by molar-refractivity contribution is -0.120. The predicted octanol–water partition coefficient (Wildman–Crippen LogP) is 2.09. The van der Waals surface area contributed by atoms with Crippen molar-refractivity contribution in [2.75, 3.05) is 19.6 Å². The van der Waals surface area contributed by atoms with Crippen molar-refractivity contribution in [2.45, 2.75) is 39.5 Å². The van der Waals surface area contributed by atoms with Crippen LogP contribution in [-0.4, -0.2) is 30.3 Å². The van der Waals surface area contributed by atoms with Gasteiger partial charge in [-0.15, -0.1) is 0 Å². The number of rotatable bonds is 4. The van der Waals surface area contributed by atoms with E-state index in [-0.39, 0.29) is 0 Å². The molecule has 1 fully saturated rings. The van der Waals surface area contributed by atoms with Crippen LogP contribution in [0.1, 0.15) is 39.5 Å². The molecule has 2 heteroatoms. The molecule has 0 spiro atoms. The molecular weight excluding hydrogens is 162 g/mol. The van der Waals surface area contributed by atoms with Crippen molar-refractivity contribution in [1.29, 1.82) is 0 Å². The van der Waals surface area contributed by atoms with E-state index in [4.69, 9.17) is 0 Å². The molecule has 0 aromatic rings. The van der Waals surface area contributed by atoms with Gasteiger partial charge in [-0.2, -0.15) is 0 Å². The van der Waals surface area contributed by atoms with E-state index in [9.17, 15) is 4.79 Å². The second-order valence-corrected chi connectivity index (χ2v) is 4.25. The molecule has 0 bridgehead atoms. The number of hydrogen-bond donors (Lipinski definition) is 0. The first-order valence-corrected chi connectivity index (χ1v) is 5.46. The number of ketones is 1. The van der Waals surface area contributed by atoms with Crippen LogP contribution in [0.5, 0.6) is 0 Å². The topological polar surface area (TPSA) is 20.3 Å². The molecular formula is C11H21NO. The smallest absolute Gasteiger partial charge is 0.146 e. The second-order valence-electron chi connectivity index (χ2n) is 4.25. The van der Waals surface area contributed by atoms with E-state index in [0.717, 1.165) is 31.8 Å². The van der Waals surface area contributed by atoms with Crippen molar-refractivity contribution in [1.82, 2.24) is 4.90 Å². The lowest BCUT2D eigenvalue weighted by atomic mass is 9.99. The van der Waals surface area contributed by atoms with Gasteiger partial charge < -0.3 is 0 Å². The molecule has 0 aliphatic carbocycles. The van der Waals surface area contributed by atoms with Crippen molar-refractivity contribution < 1.29 is 4.79 Å². The van der Waals surface area contributed by atoms with Crippen molar-refractivity contribution in [2.24, 2.45) is 5.92 Å². The van der Waals surface area contributed by atoms with Crippen LogP contribution in [0.3, 0.4) is 0 Å². The Hall–Kier alpha value is -0.370. The first-order chi connectivity index (χ1) is 6.22. The summed E-state index contributed by atoms with van der Waals surface area (Å²) in [5.74, 6) is 1.27. The van der Waals surface area contributed by atoms with E-state index in [1.54, 1.807) is 0 Å². The number of likely N-dealkylation sites (tertiary alicyclic amines) is 1. The normalized spacial score (nSPS) is 20.5. The molecule has 76 valence electrons. The maximum Gasteiger partial charge on any atom is 0.146 e. The van der Waals surface area contributed by atoms with Gasteiger partial charge in [0.2, 0.25) is 0 Å². The highest BCUT2D eigenvalue weighted by molar-refractivity contribution is 5.80. The van der Waals surface area contributed by atoms with Crippen LogP contribution in [0.4, 0.5) is 0 Å². The van der Waals surface area contributed by atoms with Crippen LogP contribution in [0.15, 0.2) is 0 Å². The van der Waals surface area contributed by atoms with Gasteiger partial charge in [0.1, 0.15) is 5.78 Å². The fourth-order valence-corrected chi connectivity index (χ4v) is 1.83. The summed E-state index contributed by atoms with van der Waals surface area (Å²) in [5.41, 5.74) is 0. The number of hydrogen-bond acceptors (Lipinski definition) is 2.